The van der Waals surface area contributed by atoms with E-state index >= 15 is 0 Å². The third-order valence-electron chi connectivity index (χ3n) is 5.19. The molecule has 2 heteroatoms. The minimum Gasteiger partial charge on any atom is -0.316 e. The number of hydrogen-bond acceptors (Lipinski definition) is 2. The van der Waals surface area contributed by atoms with Crippen molar-refractivity contribution in [3.05, 3.63) is 35.4 Å². The maximum absolute atomic E-state index is 3.97. The first-order valence-corrected chi connectivity index (χ1v) is 7.49. The van der Waals surface area contributed by atoms with Crippen LogP contribution in [-0.4, -0.2) is 19.1 Å². The van der Waals surface area contributed by atoms with E-state index in [2.05, 4.69) is 34.9 Å². The summed E-state index contributed by atoms with van der Waals surface area (Å²) in [6.45, 7) is 2.36. The van der Waals surface area contributed by atoms with Crippen LogP contribution in [0.4, 0.5) is 0 Å². The maximum atomic E-state index is 3.97. The summed E-state index contributed by atoms with van der Waals surface area (Å²) in [6, 6.07) is 10.5. The molecular weight excluding hydrogens is 220 g/mol. The lowest BCUT2D eigenvalue weighted by atomic mass is 9.94. The van der Waals surface area contributed by atoms with Gasteiger partial charge in [-0.05, 0) is 29.9 Å². The quantitative estimate of drug-likeness (QED) is 0.833. The number of rotatable bonds is 2. The highest BCUT2D eigenvalue weighted by atomic mass is 15.0. The summed E-state index contributed by atoms with van der Waals surface area (Å²) < 4.78 is 0. The fourth-order valence-electron chi connectivity index (χ4n) is 4.31. The zero-order chi connectivity index (χ0) is 11.9. The highest BCUT2D eigenvalue weighted by Crippen LogP contribution is 2.47. The zero-order valence-electron chi connectivity index (χ0n) is 10.9. The normalized spacial score (nSPS) is 34.8. The molecule has 1 aromatic carbocycles. The summed E-state index contributed by atoms with van der Waals surface area (Å²) in [7, 11) is 0. The Hall–Kier alpha value is -0.860. The average molecular weight is 242 g/mol. The molecule has 2 N–H and O–H groups in total. The Labute approximate surface area is 109 Å². The van der Waals surface area contributed by atoms with E-state index in [1.165, 1.54) is 38.8 Å². The first kappa shape index (κ1) is 11.0. The van der Waals surface area contributed by atoms with Crippen LogP contribution in [0.5, 0.6) is 0 Å². The van der Waals surface area contributed by atoms with Gasteiger partial charge in [0, 0.05) is 31.1 Å². The predicted molar refractivity (Wildman–Crippen MR) is 73.7 cm³/mol. The van der Waals surface area contributed by atoms with E-state index in [0.29, 0.717) is 6.04 Å². The molecule has 0 spiro atoms. The van der Waals surface area contributed by atoms with Crippen LogP contribution in [0.1, 0.15) is 48.8 Å². The van der Waals surface area contributed by atoms with E-state index in [4.69, 9.17) is 0 Å². The van der Waals surface area contributed by atoms with Crippen molar-refractivity contribution in [3.8, 4) is 0 Å². The lowest BCUT2D eigenvalue weighted by Gasteiger charge is -2.24. The lowest BCUT2D eigenvalue weighted by molar-refractivity contribution is 0.349. The first-order chi connectivity index (χ1) is 8.93. The molecule has 2 nitrogen and oxygen atoms in total. The van der Waals surface area contributed by atoms with Crippen molar-refractivity contribution in [3.63, 3.8) is 0 Å². The van der Waals surface area contributed by atoms with E-state index in [1.54, 1.807) is 11.1 Å². The van der Waals surface area contributed by atoms with Crippen molar-refractivity contribution in [1.29, 1.82) is 0 Å². The standard InChI is InChI=1S/C16H22N2/c1-2-6-11(5-1)18-16-13-8-4-3-7-12(13)14-9-17-10-15(14)16/h3-4,7-8,11,14-18H,1-2,5-6,9-10H2/t14-,15-,16?/m0/s1. The molecule has 0 radical (unpaired) electrons. The molecule has 4 rings (SSSR count). The molecule has 2 aliphatic carbocycles. The van der Waals surface area contributed by atoms with Crippen LogP contribution in [0, 0.1) is 5.92 Å². The Morgan fingerprint density at radius 2 is 1.78 bits per heavy atom. The summed E-state index contributed by atoms with van der Waals surface area (Å²) in [6.07, 6.45) is 5.59. The van der Waals surface area contributed by atoms with Gasteiger partial charge in [-0.2, -0.15) is 0 Å². The largest absolute Gasteiger partial charge is 0.316 e. The molecular formula is C16H22N2. The molecule has 1 aliphatic heterocycles. The molecule has 1 heterocycles. The van der Waals surface area contributed by atoms with E-state index in [0.717, 1.165) is 17.9 Å². The van der Waals surface area contributed by atoms with Gasteiger partial charge in [-0.15, -0.1) is 0 Å². The summed E-state index contributed by atoms with van der Waals surface area (Å²) in [5.41, 5.74) is 3.18. The molecule has 1 aromatic rings. The molecule has 3 aliphatic rings. The third-order valence-corrected chi connectivity index (χ3v) is 5.19. The van der Waals surface area contributed by atoms with Gasteiger partial charge in [0.15, 0.2) is 0 Å². The van der Waals surface area contributed by atoms with Gasteiger partial charge in [0.1, 0.15) is 0 Å². The van der Waals surface area contributed by atoms with Crippen LogP contribution in [0.3, 0.4) is 0 Å². The summed E-state index contributed by atoms with van der Waals surface area (Å²) in [4.78, 5) is 0. The van der Waals surface area contributed by atoms with Gasteiger partial charge in [-0.25, -0.2) is 0 Å². The summed E-state index contributed by atoms with van der Waals surface area (Å²) >= 11 is 0. The zero-order valence-corrected chi connectivity index (χ0v) is 10.9. The van der Waals surface area contributed by atoms with Crippen LogP contribution in [-0.2, 0) is 0 Å². The van der Waals surface area contributed by atoms with Crippen molar-refractivity contribution in [1.82, 2.24) is 10.6 Å². The van der Waals surface area contributed by atoms with Gasteiger partial charge in [-0.3, -0.25) is 0 Å². The fourth-order valence-corrected chi connectivity index (χ4v) is 4.31. The Morgan fingerprint density at radius 3 is 2.61 bits per heavy atom. The molecule has 3 atom stereocenters. The monoisotopic (exact) mass is 242 g/mol. The van der Waals surface area contributed by atoms with Gasteiger partial charge in [0.2, 0.25) is 0 Å². The SMILES string of the molecule is c1ccc2c(c1)C(NC1CCCC1)[C@H]1CNC[C@@H]21. The minimum absolute atomic E-state index is 0.601. The third kappa shape index (κ3) is 1.63. The van der Waals surface area contributed by atoms with E-state index in [9.17, 15) is 0 Å². The molecule has 2 fully saturated rings. The molecule has 18 heavy (non-hydrogen) atoms. The van der Waals surface area contributed by atoms with Crippen molar-refractivity contribution >= 4 is 0 Å². The van der Waals surface area contributed by atoms with Crippen molar-refractivity contribution < 1.29 is 0 Å². The number of nitrogens with one attached hydrogen (secondary N) is 2. The molecule has 96 valence electrons. The van der Waals surface area contributed by atoms with Gasteiger partial charge >= 0.3 is 0 Å². The second-order valence-corrected chi connectivity index (χ2v) is 6.18. The smallest absolute Gasteiger partial charge is 0.0372 e. The molecule has 1 saturated heterocycles. The summed E-state index contributed by atoms with van der Waals surface area (Å²) in [5.74, 6) is 1.53. The highest BCUT2D eigenvalue weighted by Gasteiger charge is 2.43. The molecule has 1 unspecified atom stereocenters. The van der Waals surface area contributed by atoms with Crippen LogP contribution in [0.2, 0.25) is 0 Å². The van der Waals surface area contributed by atoms with E-state index in [1.807, 2.05) is 0 Å². The molecule has 0 aromatic heterocycles. The molecule has 0 amide bonds. The Bertz CT molecular complexity index is 436. The van der Waals surface area contributed by atoms with Crippen molar-refractivity contribution in [2.45, 2.75) is 43.7 Å². The predicted octanol–water partition coefficient (Wildman–Crippen LogP) is 2.58. The first-order valence-electron chi connectivity index (χ1n) is 7.49. The lowest BCUT2D eigenvalue weighted by Crippen LogP contribution is -2.34. The number of benzene rings is 1. The topological polar surface area (TPSA) is 24.1 Å². The number of hydrogen-bond donors (Lipinski definition) is 2. The van der Waals surface area contributed by atoms with Gasteiger partial charge in [-0.1, -0.05) is 37.1 Å². The second kappa shape index (κ2) is 4.36. The Balaban J connectivity index is 1.64. The molecule has 0 bridgehead atoms. The fraction of sp³-hybridized carbons (Fsp3) is 0.625. The average Bonchev–Trinajstić information content (AvgIpc) is 3.10. The van der Waals surface area contributed by atoms with Gasteiger partial charge < -0.3 is 10.6 Å². The van der Waals surface area contributed by atoms with E-state index < -0.39 is 0 Å². The maximum Gasteiger partial charge on any atom is 0.0372 e. The van der Waals surface area contributed by atoms with Crippen molar-refractivity contribution in [2.24, 2.45) is 5.92 Å². The molecule has 1 saturated carbocycles. The highest BCUT2D eigenvalue weighted by molar-refractivity contribution is 5.41. The van der Waals surface area contributed by atoms with E-state index in [-0.39, 0.29) is 0 Å². The van der Waals surface area contributed by atoms with Crippen LogP contribution in [0.25, 0.3) is 0 Å². The van der Waals surface area contributed by atoms with Gasteiger partial charge in [0.25, 0.3) is 0 Å². The van der Waals surface area contributed by atoms with Crippen LogP contribution >= 0.6 is 0 Å². The van der Waals surface area contributed by atoms with Crippen LogP contribution in [0.15, 0.2) is 24.3 Å². The van der Waals surface area contributed by atoms with Gasteiger partial charge in [0.05, 0.1) is 0 Å². The second-order valence-electron chi connectivity index (χ2n) is 6.18. The summed E-state index contributed by atoms with van der Waals surface area (Å²) in [5, 5.41) is 7.55. The van der Waals surface area contributed by atoms with Crippen molar-refractivity contribution in [2.75, 3.05) is 13.1 Å². The Kier molecular flexibility index (Phi) is 2.66. The Morgan fingerprint density at radius 1 is 1.00 bits per heavy atom. The van der Waals surface area contributed by atoms with Crippen LogP contribution < -0.4 is 10.6 Å². The minimum atomic E-state index is 0.601. The number of fused-ring (bicyclic) bond motifs is 3.